The van der Waals surface area contributed by atoms with E-state index >= 15 is 0 Å². The van der Waals surface area contributed by atoms with Crippen molar-refractivity contribution in [2.45, 2.75) is 6.61 Å². The third kappa shape index (κ3) is 6.45. The molecule has 1 aromatic heterocycles. The van der Waals surface area contributed by atoms with Crippen LogP contribution in [0.25, 0.3) is 11.3 Å². The summed E-state index contributed by atoms with van der Waals surface area (Å²) >= 11 is 0. The van der Waals surface area contributed by atoms with Crippen molar-refractivity contribution in [2.24, 2.45) is 5.73 Å². The Balaban J connectivity index is 0.000000221. The standard InChI is InChI=1S/C13H11NO3.C8H9NO2/c1-17-13(16)12-8-10(15)7-11(14-12)9-5-3-2-4-6-9;9-8(10)11-6-7-4-2-1-3-5-7/h2-8H,1H3,(H,14,15);1-5H,6H2,(H2,9,10). The Morgan fingerprint density at radius 2 is 1.57 bits per heavy atom. The Morgan fingerprint density at radius 3 is 2.14 bits per heavy atom. The van der Waals surface area contributed by atoms with Crippen LogP contribution in [0.4, 0.5) is 4.79 Å². The van der Waals surface area contributed by atoms with E-state index in [9.17, 15) is 14.4 Å². The summed E-state index contributed by atoms with van der Waals surface area (Å²) in [5, 5.41) is 0. The molecule has 1 amide bonds. The summed E-state index contributed by atoms with van der Waals surface area (Å²) < 4.78 is 9.14. The number of rotatable bonds is 4. The van der Waals surface area contributed by atoms with Gasteiger partial charge in [-0.1, -0.05) is 60.7 Å². The SMILES string of the molecule is COC(=O)c1cc(=O)cc(-c2ccccc2)[nH]1.NC(=O)OCc1ccccc1. The van der Waals surface area contributed by atoms with Crippen LogP contribution in [0.3, 0.4) is 0 Å². The molecule has 0 aliphatic heterocycles. The lowest BCUT2D eigenvalue weighted by Gasteiger charge is -2.04. The molecule has 2 aromatic carbocycles. The second kappa shape index (κ2) is 10.3. The molecule has 0 saturated heterocycles. The van der Waals surface area contributed by atoms with Crippen LogP contribution in [-0.2, 0) is 16.1 Å². The van der Waals surface area contributed by atoms with E-state index in [1.54, 1.807) is 0 Å². The molecule has 3 rings (SSSR count). The van der Waals surface area contributed by atoms with E-state index in [1.165, 1.54) is 19.2 Å². The minimum atomic E-state index is -0.742. The molecule has 3 N–H and O–H groups in total. The number of methoxy groups -OCH3 is 1. The predicted molar refractivity (Wildman–Crippen MR) is 105 cm³/mol. The molecule has 1 heterocycles. The first-order valence-electron chi connectivity index (χ1n) is 8.34. The van der Waals surface area contributed by atoms with Gasteiger partial charge < -0.3 is 20.2 Å². The summed E-state index contributed by atoms with van der Waals surface area (Å²) in [5.74, 6) is -0.556. The van der Waals surface area contributed by atoms with E-state index in [-0.39, 0.29) is 17.7 Å². The van der Waals surface area contributed by atoms with E-state index in [1.807, 2.05) is 60.7 Å². The zero-order valence-electron chi connectivity index (χ0n) is 15.3. The number of nitrogens with one attached hydrogen (secondary N) is 1. The van der Waals surface area contributed by atoms with Gasteiger partial charge in [-0.3, -0.25) is 4.79 Å². The van der Waals surface area contributed by atoms with Gasteiger partial charge in [0.15, 0.2) is 5.43 Å². The highest BCUT2D eigenvalue weighted by Gasteiger charge is 2.08. The Bertz CT molecular complexity index is 969. The number of nitrogens with two attached hydrogens (primary N) is 1. The molecule has 0 radical (unpaired) electrons. The van der Waals surface area contributed by atoms with Crippen LogP contribution in [0, 0.1) is 0 Å². The van der Waals surface area contributed by atoms with Gasteiger partial charge in [0.2, 0.25) is 0 Å². The number of hydrogen-bond donors (Lipinski definition) is 2. The van der Waals surface area contributed by atoms with E-state index in [0.29, 0.717) is 5.69 Å². The third-order valence-electron chi connectivity index (χ3n) is 3.56. The van der Waals surface area contributed by atoms with Crippen LogP contribution in [0.5, 0.6) is 0 Å². The van der Waals surface area contributed by atoms with Crippen LogP contribution in [0.1, 0.15) is 16.1 Å². The highest BCUT2D eigenvalue weighted by atomic mass is 16.5. The van der Waals surface area contributed by atoms with Gasteiger partial charge >= 0.3 is 12.1 Å². The van der Waals surface area contributed by atoms with Gasteiger partial charge in [-0.15, -0.1) is 0 Å². The van der Waals surface area contributed by atoms with Gasteiger partial charge in [0.25, 0.3) is 0 Å². The molecule has 0 aliphatic carbocycles. The van der Waals surface area contributed by atoms with Crippen LogP contribution in [0.15, 0.2) is 77.6 Å². The monoisotopic (exact) mass is 380 g/mol. The number of carbonyl (C=O) groups is 2. The van der Waals surface area contributed by atoms with Crippen LogP contribution < -0.4 is 11.2 Å². The van der Waals surface area contributed by atoms with Crippen LogP contribution in [0.2, 0.25) is 0 Å². The number of primary amides is 1. The quantitative estimate of drug-likeness (QED) is 0.676. The molecular formula is C21H20N2O5. The number of benzene rings is 2. The molecule has 3 aromatic rings. The molecule has 144 valence electrons. The maximum atomic E-state index is 11.5. The number of amides is 1. The lowest BCUT2D eigenvalue weighted by atomic mass is 10.1. The fourth-order valence-electron chi connectivity index (χ4n) is 2.27. The molecule has 0 aliphatic rings. The maximum absolute atomic E-state index is 11.5. The second-order valence-corrected chi connectivity index (χ2v) is 5.59. The first-order chi connectivity index (χ1) is 13.5. The smallest absolute Gasteiger partial charge is 0.404 e. The molecule has 0 fully saturated rings. The van der Waals surface area contributed by atoms with Crippen molar-refractivity contribution in [2.75, 3.05) is 7.11 Å². The fraction of sp³-hybridized carbons (Fsp3) is 0.0952. The Hall–Kier alpha value is -3.87. The molecule has 28 heavy (non-hydrogen) atoms. The third-order valence-corrected chi connectivity index (χ3v) is 3.56. The number of ether oxygens (including phenoxy) is 2. The Labute approximate surface area is 161 Å². The molecule has 0 spiro atoms. The highest BCUT2D eigenvalue weighted by Crippen LogP contribution is 2.14. The summed E-state index contributed by atoms with van der Waals surface area (Å²) in [7, 11) is 1.27. The molecule has 7 heteroatoms. The zero-order valence-corrected chi connectivity index (χ0v) is 15.3. The summed E-state index contributed by atoms with van der Waals surface area (Å²) in [6, 6.07) is 21.3. The van der Waals surface area contributed by atoms with E-state index in [2.05, 4.69) is 14.5 Å². The first-order valence-corrected chi connectivity index (χ1v) is 8.34. The lowest BCUT2D eigenvalue weighted by Crippen LogP contribution is -2.12. The average molecular weight is 380 g/mol. The van der Waals surface area contributed by atoms with E-state index in [4.69, 9.17) is 5.73 Å². The van der Waals surface area contributed by atoms with Gasteiger partial charge in [0, 0.05) is 17.8 Å². The average Bonchev–Trinajstić information content (AvgIpc) is 2.73. The minimum absolute atomic E-state index is 0.152. The number of esters is 1. The van der Waals surface area contributed by atoms with Crippen molar-refractivity contribution < 1.29 is 19.1 Å². The summed E-state index contributed by atoms with van der Waals surface area (Å²) in [5.41, 5.74) is 7.07. The van der Waals surface area contributed by atoms with Crippen molar-refractivity contribution in [3.8, 4) is 11.3 Å². The Kier molecular flexibility index (Phi) is 7.53. The van der Waals surface area contributed by atoms with Crippen LogP contribution >= 0.6 is 0 Å². The number of aromatic amines is 1. The molecule has 0 atom stereocenters. The lowest BCUT2D eigenvalue weighted by molar-refractivity contribution is 0.0594. The van der Waals surface area contributed by atoms with Gasteiger partial charge in [-0.05, 0) is 11.1 Å². The van der Waals surface area contributed by atoms with E-state index in [0.717, 1.165) is 11.1 Å². The van der Waals surface area contributed by atoms with Gasteiger partial charge in [0.1, 0.15) is 12.3 Å². The molecule has 0 saturated carbocycles. The first kappa shape index (κ1) is 20.4. The van der Waals surface area contributed by atoms with Crippen LogP contribution in [-0.4, -0.2) is 24.2 Å². The van der Waals surface area contributed by atoms with E-state index < -0.39 is 12.1 Å². The maximum Gasteiger partial charge on any atom is 0.404 e. The van der Waals surface area contributed by atoms with Crippen molar-refractivity contribution in [1.29, 1.82) is 0 Å². The summed E-state index contributed by atoms with van der Waals surface area (Å²) in [6.07, 6.45) is -0.742. The van der Waals surface area contributed by atoms with Crippen molar-refractivity contribution >= 4 is 12.1 Å². The fourth-order valence-corrected chi connectivity index (χ4v) is 2.27. The number of hydrogen-bond acceptors (Lipinski definition) is 5. The highest BCUT2D eigenvalue weighted by molar-refractivity contribution is 5.87. The zero-order chi connectivity index (χ0) is 20.4. The van der Waals surface area contributed by atoms with Crippen molar-refractivity contribution in [3.63, 3.8) is 0 Å². The largest absolute Gasteiger partial charge is 0.464 e. The molecule has 7 nitrogen and oxygen atoms in total. The minimum Gasteiger partial charge on any atom is -0.464 e. The number of carbonyl (C=O) groups excluding carboxylic acids is 2. The van der Waals surface area contributed by atoms with Gasteiger partial charge in [-0.2, -0.15) is 0 Å². The van der Waals surface area contributed by atoms with Crippen molar-refractivity contribution in [3.05, 3.63) is 94.3 Å². The number of aromatic nitrogens is 1. The summed E-state index contributed by atoms with van der Waals surface area (Å²) in [6.45, 7) is 0.246. The number of H-pyrrole nitrogens is 1. The van der Waals surface area contributed by atoms with Gasteiger partial charge in [-0.25, -0.2) is 9.59 Å². The Morgan fingerprint density at radius 1 is 0.964 bits per heavy atom. The molecule has 0 bridgehead atoms. The normalized spacial score (nSPS) is 9.61. The van der Waals surface area contributed by atoms with Gasteiger partial charge in [0.05, 0.1) is 7.11 Å². The topological polar surface area (TPSA) is 111 Å². The van der Waals surface area contributed by atoms with Crippen molar-refractivity contribution in [1.82, 2.24) is 4.98 Å². The predicted octanol–water partition coefficient (Wildman–Crippen LogP) is 3.11. The second-order valence-electron chi connectivity index (χ2n) is 5.59. The molecule has 0 unspecified atom stereocenters. The summed E-state index contributed by atoms with van der Waals surface area (Å²) in [4.78, 5) is 35.9. The number of pyridine rings is 1. The molecular weight excluding hydrogens is 360 g/mol.